The molecule has 0 aromatic carbocycles. The minimum Gasteiger partial charge on any atom is -0.349 e. The Balaban J connectivity index is 1.59. The first-order chi connectivity index (χ1) is 12.4. The molecule has 0 bridgehead atoms. The summed E-state index contributed by atoms with van der Waals surface area (Å²) >= 11 is 5.81. The first kappa shape index (κ1) is 18.6. The number of hydrogen-bond acceptors (Lipinski definition) is 5. The number of piperazine rings is 1. The average Bonchev–Trinajstić information content (AvgIpc) is 2.63. The summed E-state index contributed by atoms with van der Waals surface area (Å²) in [6, 6.07) is 7.79. The van der Waals surface area contributed by atoms with Gasteiger partial charge in [0.2, 0.25) is 5.91 Å². The summed E-state index contributed by atoms with van der Waals surface area (Å²) in [6.45, 7) is 8.38. The van der Waals surface area contributed by atoms with Crippen LogP contribution in [0.5, 0.6) is 0 Å². The summed E-state index contributed by atoms with van der Waals surface area (Å²) in [5.41, 5.74) is 2.01. The molecule has 0 spiro atoms. The third-order valence-electron chi connectivity index (χ3n) is 4.69. The normalized spacial score (nSPS) is 17.7. The average molecular weight is 374 g/mol. The molecule has 0 radical (unpaired) electrons. The zero-order chi connectivity index (χ0) is 18.7. The standard InChI is InChI=1S/C19H24ClN5O/c1-13(2)16-5-4-15(11-21-16)10-19(26)24-8-9-25(14(3)12-24)18-7-6-17(20)22-23-18/h4-7,11,13-14H,8-10,12H2,1-3H3/t14-/m1/s1. The van der Waals surface area contributed by atoms with Crippen LogP contribution in [-0.2, 0) is 11.2 Å². The summed E-state index contributed by atoms with van der Waals surface area (Å²) in [6.07, 6.45) is 2.20. The van der Waals surface area contributed by atoms with Crippen molar-refractivity contribution in [2.75, 3.05) is 24.5 Å². The number of rotatable bonds is 4. The van der Waals surface area contributed by atoms with Crippen LogP contribution in [0.1, 0.15) is 37.9 Å². The lowest BCUT2D eigenvalue weighted by Crippen LogP contribution is -2.54. The van der Waals surface area contributed by atoms with Gasteiger partial charge in [0.25, 0.3) is 0 Å². The smallest absolute Gasteiger partial charge is 0.227 e. The van der Waals surface area contributed by atoms with Crippen LogP contribution in [0.25, 0.3) is 0 Å². The van der Waals surface area contributed by atoms with Crippen LogP contribution in [0.4, 0.5) is 5.82 Å². The van der Waals surface area contributed by atoms with Gasteiger partial charge in [-0.05, 0) is 36.6 Å². The predicted octanol–water partition coefficient (Wildman–Crippen LogP) is 2.93. The fourth-order valence-corrected chi connectivity index (χ4v) is 3.26. The lowest BCUT2D eigenvalue weighted by molar-refractivity contribution is -0.131. The summed E-state index contributed by atoms with van der Waals surface area (Å²) in [4.78, 5) is 21.2. The summed E-state index contributed by atoms with van der Waals surface area (Å²) in [5.74, 6) is 1.32. The van der Waals surface area contributed by atoms with Crippen LogP contribution in [0.2, 0.25) is 5.15 Å². The van der Waals surface area contributed by atoms with Gasteiger partial charge >= 0.3 is 0 Å². The number of pyridine rings is 1. The van der Waals surface area contributed by atoms with Crippen molar-refractivity contribution < 1.29 is 4.79 Å². The maximum atomic E-state index is 12.7. The van der Waals surface area contributed by atoms with Gasteiger partial charge in [0.15, 0.2) is 11.0 Å². The topological polar surface area (TPSA) is 62.2 Å². The Morgan fingerprint density at radius 3 is 2.62 bits per heavy atom. The third-order valence-corrected chi connectivity index (χ3v) is 4.89. The van der Waals surface area contributed by atoms with E-state index in [9.17, 15) is 4.79 Å². The lowest BCUT2D eigenvalue weighted by Gasteiger charge is -2.40. The van der Waals surface area contributed by atoms with Crippen LogP contribution >= 0.6 is 11.6 Å². The molecule has 26 heavy (non-hydrogen) atoms. The molecule has 3 heterocycles. The van der Waals surface area contributed by atoms with Crippen LogP contribution in [0.3, 0.4) is 0 Å². The maximum absolute atomic E-state index is 12.7. The maximum Gasteiger partial charge on any atom is 0.227 e. The monoisotopic (exact) mass is 373 g/mol. The van der Waals surface area contributed by atoms with Crippen molar-refractivity contribution in [3.63, 3.8) is 0 Å². The molecule has 3 rings (SSSR count). The van der Waals surface area contributed by atoms with E-state index in [-0.39, 0.29) is 11.9 Å². The molecular weight excluding hydrogens is 350 g/mol. The number of carbonyl (C=O) groups is 1. The van der Waals surface area contributed by atoms with E-state index in [1.54, 1.807) is 6.07 Å². The fraction of sp³-hybridized carbons (Fsp3) is 0.474. The number of aromatic nitrogens is 3. The third kappa shape index (κ3) is 4.30. The highest BCUT2D eigenvalue weighted by Crippen LogP contribution is 2.19. The molecule has 1 aliphatic heterocycles. The van der Waals surface area contributed by atoms with E-state index in [0.29, 0.717) is 30.6 Å². The molecule has 0 N–H and O–H groups in total. The van der Waals surface area contributed by atoms with Crippen molar-refractivity contribution in [1.82, 2.24) is 20.1 Å². The van der Waals surface area contributed by atoms with Crippen molar-refractivity contribution in [3.05, 3.63) is 46.9 Å². The molecule has 1 aliphatic rings. The number of carbonyl (C=O) groups excluding carboxylic acids is 1. The SMILES string of the molecule is CC(C)c1ccc(CC(=O)N2CCN(c3ccc(Cl)nn3)[C@H](C)C2)cn1. The van der Waals surface area contributed by atoms with Crippen molar-refractivity contribution in [1.29, 1.82) is 0 Å². The van der Waals surface area contributed by atoms with Crippen LogP contribution in [-0.4, -0.2) is 51.7 Å². The fourth-order valence-electron chi connectivity index (χ4n) is 3.16. The Morgan fingerprint density at radius 1 is 1.23 bits per heavy atom. The highest BCUT2D eigenvalue weighted by atomic mass is 35.5. The minimum absolute atomic E-state index is 0.137. The number of hydrogen-bond donors (Lipinski definition) is 0. The van der Waals surface area contributed by atoms with Crippen LogP contribution < -0.4 is 4.90 Å². The predicted molar refractivity (Wildman–Crippen MR) is 102 cm³/mol. The van der Waals surface area contributed by atoms with Crippen molar-refractivity contribution >= 4 is 23.3 Å². The van der Waals surface area contributed by atoms with Gasteiger partial charge in [-0.25, -0.2) is 0 Å². The van der Waals surface area contributed by atoms with Crippen molar-refractivity contribution in [3.8, 4) is 0 Å². The molecule has 1 fully saturated rings. The van der Waals surface area contributed by atoms with Crippen LogP contribution in [0, 0.1) is 0 Å². The van der Waals surface area contributed by atoms with Crippen molar-refractivity contribution in [2.45, 2.75) is 39.2 Å². The summed E-state index contributed by atoms with van der Waals surface area (Å²) in [5, 5.41) is 8.43. The lowest BCUT2D eigenvalue weighted by atomic mass is 10.1. The summed E-state index contributed by atoms with van der Waals surface area (Å²) < 4.78 is 0. The van der Waals surface area contributed by atoms with Gasteiger partial charge in [-0.3, -0.25) is 9.78 Å². The second-order valence-corrected chi connectivity index (χ2v) is 7.41. The zero-order valence-corrected chi connectivity index (χ0v) is 16.1. The van der Waals surface area contributed by atoms with Gasteiger partial charge in [0, 0.05) is 37.6 Å². The minimum atomic E-state index is 0.137. The highest BCUT2D eigenvalue weighted by Gasteiger charge is 2.27. The largest absolute Gasteiger partial charge is 0.349 e. The van der Waals surface area contributed by atoms with E-state index >= 15 is 0 Å². The van der Waals surface area contributed by atoms with E-state index in [1.165, 1.54) is 0 Å². The van der Waals surface area contributed by atoms with Gasteiger partial charge in [-0.2, -0.15) is 0 Å². The second-order valence-electron chi connectivity index (χ2n) is 7.02. The molecule has 0 unspecified atom stereocenters. The Labute approximate surface area is 159 Å². The highest BCUT2D eigenvalue weighted by molar-refractivity contribution is 6.29. The Bertz CT molecular complexity index is 748. The van der Waals surface area contributed by atoms with Crippen LogP contribution in [0.15, 0.2) is 30.5 Å². The molecule has 6 nitrogen and oxygen atoms in total. The molecule has 2 aromatic rings. The van der Waals surface area contributed by atoms with E-state index in [2.05, 4.69) is 40.9 Å². The Hall–Kier alpha value is -2.21. The Morgan fingerprint density at radius 2 is 2.04 bits per heavy atom. The molecule has 1 atom stereocenters. The molecule has 1 amide bonds. The van der Waals surface area contributed by atoms with E-state index in [0.717, 1.165) is 23.6 Å². The number of anilines is 1. The van der Waals surface area contributed by atoms with Gasteiger partial charge < -0.3 is 9.80 Å². The number of amides is 1. The van der Waals surface area contributed by atoms with Gasteiger partial charge in [-0.1, -0.05) is 31.5 Å². The number of nitrogens with zero attached hydrogens (tertiary/aromatic N) is 5. The molecule has 7 heteroatoms. The first-order valence-electron chi connectivity index (χ1n) is 8.92. The number of halogens is 1. The zero-order valence-electron chi connectivity index (χ0n) is 15.4. The second kappa shape index (κ2) is 7.99. The molecular formula is C19H24ClN5O. The van der Waals surface area contributed by atoms with E-state index in [4.69, 9.17) is 11.6 Å². The van der Waals surface area contributed by atoms with Gasteiger partial charge in [0.1, 0.15) is 0 Å². The molecule has 138 valence electrons. The van der Waals surface area contributed by atoms with Gasteiger partial charge in [-0.15, -0.1) is 10.2 Å². The summed E-state index contributed by atoms with van der Waals surface area (Å²) in [7, 11) is 0. The quantitative estimate of drug-likeness (QED) is 0.824. The Kier molecular flexibility index (Phi) is 5.71. The van der Waals surface area contributed by atoms with E-state index in [1.807, 2.05) is 29.3 Å². The van der Waals surface area contributed by atoms with Crippen molar-refractivity contribution in [2.24, 2.45) is 0 Å². The molecule has 1 saturated heterocycles. The molecule has 0 saturated carbocycles. The molecule has 2 aromatic heterocycles. The first-order valence-corrected chi connectivity index (χ1v) is 9.30. The van der Waals surface area contributed by atoms with E-state index < -0.39 is 0 Å². The van der Waals surface area contributed by atoms with Gasteiger partial charge in [0.05, 0.1) is 6.42 Å². The molecule has 0 aliphatic carbocycles.